The Morgan fingerprint density at radius 3 is 2.84 bits per heavy atom. The van der Waals surface area contributed by atoms with Crippen molar-refractivity contribution in [2.45, 2.75) is 6.54 Å². The lowest BCUT2D eigenvalue weighted by atomic mass is 10.2. The van der Waals surface area contributed by atoms with Crippen LogP contribution in [0, 0.1) is 10.1 Å². The van der Waals surface area contributed by atoms with Gasteiger partial charge in [0, 0.05) is 26.3 Å². The van der Waals surface area contributed by atoms with Crippen molar-refractivity contribution < 1.29 is 19.5 Å². The van der Waals surface area contributed by atoms with E-state index < -0.39 is 4.92 Å². The first-order chi connectivity index (χ1) is 9.19. The maximum absolute atomic E-state index is 10.9. The smallest absolute Gasteiger partial charge is 0.311 e. The molecule has 1 rings (SSSR count). The number of hydrogen-bond acceptors (Lipinski definition) is 6. The molecule has 0 aliphatic carbocycles. The number of aliphatic hydroxyl groups excluding tert-OH is 1. The van der Waals surface area contributed by atoms with Gasteiger partial charge in [-0.3, -0.25) is 10.1 Å². The van der Waals surface area contributed by atoms with Gasteiger partial charge in [0.25, 0.3) is 0 Å². The number of nitro benzene ring substituents is 1. The van der Waals surface area contributed by atoms with Gasteiger partial charge in [-0.2, -0.15) is 0 Å². The number of methoxy groups -OCH3 is 1. The zero-order valence-electron chi connectivity index (χ0n) is 10.8. The van der Waals surface area contributed by atoms with Crippen LogP contribution in [0.5, 0.6) is 5.75 Å². The van der Waals surface area contributed by atoms with Crippen molar-refractivity contribution in [2.24, 2.45) is 0 Å². The summed E-state index contributed by atoms with van der Waals surface area (Å²) in [6, 6.07) is 4.76. The molecule has 0 saturated carbocycles. The first kappa shape index (κ1) is 15.4. The highest BCUT2D eigenvalue weighted by Crippen LogP contribution is 2.27. The summed E-state index contributed by atoms with van der Waals surface area (Å²) in [6.07, 6.45) is 0. The third-order valence-electron chi connectivity index (χ3n) is 2.38. The topological polar surface area (TPSA) is 93.9 Å². The van der Waals surface area contributed by atoms with Gasteiger partial charge in [0.1, 0.15) is 6.61 Å². The van der Waals surface area contributed by atoms with E-state index in [1.165, 1.54) is 6.07 Å². The second-order valence-corrected chi connectivity index (χ2v) is 3.80. The van der Waals surface area contributed by atoms with Crippen LogP contribution in [0.2, 0.25) is 0 Å². The summed E-state index contributed by atoms with van der Waals surface area (Å²) in [5.41, 5.74) is 0.693. The molecule has 106 valence electrons. The molecule has 1 aromatic rings. The van der Waals surface area contributed by atoms with Gasteiger partial charge in [0.05, 0.1) is 18.1 Å². The molecule has 19 heavy (non-hydrogen) atoms. The van der Waals surface area contributed by atoms with E-state index in [0.29, 0.717) is 19.7 Å². The van der Waals surface area contributed by atoms with Crippen LogP contribution in [0.3, 0.4) is 0 Å². The maximum atomic E-state index is 10.9. The number of nitro groups is 1. The van der Waals surface area contributed by atoms with E-state index in [9.17, 15) is 10.1 Å². The normalized spacial score (nSPS) is 10.4. The van der Waals surface area contributed by atoms with Gasteiger partial charge in [0.2, 0.25) is 0 Å². The summed E-state index contributed by atoms with van der Waals surface area (Å²) in [4.78, 5) is 10.4. The molecule has 0 heterocycles. The largest absolute Gasteiger partial charge is 0.484 e. The molecule has 7 nitrogen and oxygen atoms in total. The van der Waals surface area contributed by atoms with Crippen LogP contribution in [0.1, 0.15) is 5.56 Å². The van der Waals surface area contributed by atoms with Crippen LogP contribution in [0.25, 0.3) is 0 Å². The van der Waals surface area contributed by atoms with E-state index in [4.69, 9.17) is 14.6 Å². The minimum atomic E-state index is -0.495. The van der Waals surface area contributed by atoms with E-state index in [-0.39, 0.29) is 24.7 Å². The first-order valence-corrected chi connectivity index (χ1v) is 5.89. The van der Waals surface area contributed by atoms with Gasteiger partial charge in [-0.15, -0.1) is 0 Å². The van der Waals surface area contributed by atoms with E-state index in [0.717, 1.165) is 5.56 Å². The second kappa shape index (κ2) is 8.41. The average molecular weight is 270 g/mol. The average Bonchev–Trinajstić information content (AvgIpc) is 2.41. The predicted molar refractivity (Wildman–Crippen MR) is 69.3 cm³/mol. The maximum Gasteiger partial charge on any atom is 0.311 e. The molecule has 0 radical (unpaired) electrons. The lowest BCUT2D eigenvalue weighted by Crippen LogP contribution is -2.18. The molecule has 2 N–H and O–H groups in total. The fourth-order valence-corrected chi connectivity index (χ4v) is 1.50. The van der Waals surface area contributed by atoms with Gasteiger partial charge in [0.15, 0.2) is 5.75 Å². The monoisotopic (exact) mass is 270 g/mol. The van der Waals surface area contributed by atoms with Gasteiger partial charge in [-0.25, -0.2) is 0 Å². The van der Waals surface area contributed by atoms with Crippen LogP contribution in [-0.4, -0.2) is 43.5 Å². The van der Waals surface area contributed by atoms with Crippen molar-refractivity contribution in [1.82, 2.24) is 5.32 Å². The number of aliphatic hydroxyl groups is 1. The summed E-state index contributed by atoms with van der Waals surface area (Å²) in [5, 5.41) is 22.7. The molecular formula is C12H18N2O5. The molecule has 0 unspecified atom stereocenters. The Balaban J connectivity index is 2.69. The highest BCUT2D eigenvalue weighted by atomic mass is 16.6. The molecule has 0 aliphatic rings. The number of nitrogens with one attached hydrogen (secondary N) is 1. The van der Waals surface area contributed by atoms with Crippen molar-refractivity contribution in [3.05, 3.63) is 33.9 Å². The first-order valence-electron chi connectivity index (χ1n) is 5.89. The third kappa shape index (κ3) is 5.21. The second-order valence-electron chi connectivity index (χ2n) is 3.80. The number of hydrogen-bond donors (Lipinski definition) is 2. The molecule has 0 aliphatic heterocycles. The van der Waals surface area contributed by atoms with Crippen molar-refractivity contribution in [3.63, 3.8) is 0 Å². The zero-order chi connectivity index (χ0) is 14.1. The predicted octanol–water partition coefficient (Wildman–Crippen LogP) is 0.702. The summed E-state index contributed by atoms with van der Waals surface area (Å²) < 4.78 is 10.0. The number of nitrogens with zero attached hydrogens (tertiary/aromatic N) is 1. The Labute approximate surface area is 111 Å². The molecule has 0 fully saturated rings. The lowest BCUT2D eigenvalue weighted by Gasteiger charge is -2.08. The van der Waals surface area contributed by atoms with Crippen LogP contribution in [0.4, 0.5) is 5.69 Å². The van der Waals surface area contributed by atoms with Crippen molar-refractivity contribution >= 4 is 5.69 Å². The highest BCUT2D eigenvalue weighted by molar-refractivity contribution is 5.48. The molecule has 0 saturated heterocycles. The van der Waals surface area contributed by atoms with Crippen LogP contribution in [-0.2, 0) is 11.3 Å². The number of rotatable bonds is 9. The number of ether oxygens (including phenoxy) is 2. The van der Waals surface area contributed by atoms with Gasteiger partial charge < -0.3 is 19.9 Å². The van der Waals surface area contributed by atoms with E-state index in [2.05, 4.69) is 5.32 Å². The van der Waals surface area contributed by atoms with E-state index in [1.54, 1.807) is 19.2 Å². The Morgan fingerprint density at radius 1 is 1.42 bits per heavy atom. The molecular weight excluding hydrogens is 252 g/mol. The minimum Gasteiger partial charge on any atom is -0.484 e. The Hall–Kier alpha value is -1.70. The Morgan fingerprint density at radius 2 is 2.21 bits per heavy atom. The van der Waals surface area contributed by atoms with Crippen LogP contribution < -0.4 is 10.1 Å². The molecule has 0 amide bonds. The van der Waals surface area contributed by atoms with Crippen molar-refractivity contribution in [1.29, 1.82) is 0 Å². The molecule has 0 spiro atoms. The van der Waals surface area contributed by atoms with Gasteiger partial charge >= 0.3 is 5.69 Å². The molecule has 7 heteroatoms. The fraction of sp³-hybridized carbons (Fsp3) is 0.500. The Bertz CT molecular complexity index is 411. The molecule has 0 aromatic heterocycles. The van der Waals surface area contributed by atoms with E-state index >= 15 is 0 Å². The summed E-state index contributed by atoms with van der Waals surface area (Å²) in [6.45, 7) is 1.63. The molecule has 1 aromatic carbocycles. The Kier molecular flexibility index (Phi) is 6.80. The SMILES string of the molecule is COCCNCc1ccc(OCCO)c([N+](=O)[O-])c1. The van der Waals surface area contributed by atoms with Crippen LogP contribution >= 0.6 is 0 Å². The quantitative estimate of drug-likeness (QED) is 0.390. The summed E-state index contributed by atoms with van der Waals surface area (Å²) in [7, 11) is 1.61. The molecule has 0 bridgehead atoms. The zero-order valence-corrected chi connectivity index (χ0v) is 10.8. The van der Waals surface area contributed by atoms with Gasteiger partial charge in [-0.1, -0.05) is 6.07 Å². The van der Waals surface area contributed by atoms with E-state index in [1.807, 2.05) is 0 Å². The third-order valence-corrected chi connectivity index (χ3v) is 2.38. The lowest BCUT2D eigenvalue weighted by molar-refractivity contribution is -0.385. The van der Waals surface area contributed by atoms with Crippen molar-refractivity contribution in [2.75, 3.05) is 33.5 Å². The fourth-order valence-electron chi connectivity index (χ4n) is 1.50. The standard InChI is InChI=1S/C12H18N2O5/c1-18-6-4-13-9-10-2-3-12(19-7-5-15)11(8-10)14(16)17/h2-3,8,13,15H,4-7,9H2,1H3. The minimum absolute atomic E-state index is 0.0340. The van der Waals surface area contributed by atoms with Gasteiger partial charge in [-0.05, 0) is 11.6 Å². The highest BCUT2D eigenvalue weighted by Gasteiger charge is 2.15. The van der Waals surface area contributed by atoms with Crippen LogP contribution in [0.15, 0.2) is 18.2 Å². The van der Waals surface area contributed by atoms with Crippen molar-refractivity contribution in [3.8, 4) is 5.75 Å². The summed E-state index contributed by atoms with van der Waals surface area (Å²) in [5.74, 6) is 0.166. The summed E-state index contributed by atoms with van der Waals surface area (Å²) >= 11 is 0. The number of benzene rings is 1. The molecule has 0 atom stereocenters.